The third-order valence-corrected chi connectivity index (χ3v) is 7.83. The fourth-order valence-electron chi connectivity index (χ4n) is 4.18. The molecular formula is C23H32N4O3S. The molecule has 2 fully saturated rings. The molecule has 3 rings (SSSR count). The van der Waals surface area contributed by atoms with Crippen LogP contribution in [0.4, 0.5) is 0 Å². The van der Waals surface area contributed by atoms with Gasteiger partial charge in [-0.2, -0.15) is 4.31 Å². The first-order valence-corrected chi connectivity index (χ1v) is 12.2. The SMILES string of the molecule is C=C/C=C(\C=C/N)CN1CCC(C(=O)N2CCN(S(=O)(=O)c3ccccc3)CC2)CC1. The smallest absolute Gasteiger partial charge is 0.243 e. The molecular weight excluding hydrogens is 412 g/mol. The van der Waals surface area contributed by atoms with Crippen molar-refractivity contribution in [1.29, 1.82) is 0 Å². The minimum atomic E-state index is -3.50. The van der Waals surface area contributed by atoms with Crippen LogP contribution < -0.4 is 5.73 Å². The summed E-state index contributed by atoms with van der Waals surface area (Å²) in [7, 11) is -3.50. The molecule has 1 aromatic carbocycles. The molecule has 168 valence electrons. The van der Waals surface area contributed by atoms with Crippen molar-refractivity contribution in [3.63, 3.8) is 0 Å². The molecule has 2 heterocycles. The zero-order valence-corrected chi connectivity index (χ0v) is 18.7. The maximum atomic E-state index is 13.0. The molecule has 0 saturated carbocycles. The van der Waals surface area contributed by atoms with Crippen molar-refractivity contribution < 1.29 is 13.2 Å². The predicted octanol–water partition coefficient (Wildman–Crippen LogP) is 1.82. The Morgan fingerprint density at radius 3 is 2.29 bits per heavy atom. The molecule has 0 radical (unpaired) electrons. The Morgan fingerprint density at radius 1 is 1.06 bits per heavy atom. The molecule has 2 saturated heterocycles. The van der Waals surface area contributed by atoms with Crippen LogP contribution in [0.15, 0.2) is 71.8 Å². The number of nitrogens with zero attached hydrogens (tertiary/aromatic N) is 3. The minimum absolute atomic E-state index is 0.00501. The molecule has 0 spiro atoms. The molecule has 1 amide bonds. The average molecular weight is 445 g/mol. The van der Waals surface area contributed by atoms with Gasteiger partial charge < -0.3 is 10.6 Å². The maximum absolute atomic E-state index is 13.0. The molecule has 0 bridgehead atoms. The number of hydrogen-bond donors (Lipinski definition) is 1. The molecule has 0 aliphatic carbocycles. The van der Waals surface area contributed by atoms with E-state index in [0.717, 1.165) is 38.0 Å². The summed E-state index contributed by atoms with van der Waals surface area (Å²) in [6.45, 7) is 7.79. The zero-order valence-electron chi connectivity index (χ0n) is 17.9. The monoisotopic (exact) mass is 444 g/mol. The molecule has 2 aliphatic heterocycles. The third kappa shape index (κ3) is 5.84. The lowest BCUT2D eigenvalue weighted by molar-refractivity contribution is -0.138. The number of allylic oxidation sites excluding steroid dienone is 2. The molecule has 0 atom stereocenters. The largest absolute Gasteiger partial charge is 0.405 e. The van der Waals surface area contributed by atoms with E-state index in [2.05, 4.69) is 11.5 Å². The number of piperidine rings is 1. The van der Waals surface area contributed by atoms with Crippen LogP contribution in [-0.4, -0.2) is 74.2 Å². The average Bonchev–Trinajstić information content (AvgIpc) is 2.80. The topological polar surface area (TPSA) is 86.9 Å². The first-order chi connectivity index (χ1) is 15.0. The summed E-state index contributed by atoms with van der Waals surface area (Å²) in [5.41, 5.74) is 6.61. The molecule has 0 unspecified atom stereocenters. The van der Waals surface area contributed by atoms with Gasteiger partial charge in [0, 0.05) is 38.6 Å². The van der Waals surface area contributed by atoms with Gasteiger partial charge in [-0.3, -0.25) is 9.69 Å². The van der Waals surface area contributed by atoms with Crippen LogP contribution in [-0.2, 0) is 14.8 Å². The van der Waals surface area contributed by atoms with Crippen molar-refractivity contribution in [3.8, 4) is 0 Å². The van der Waals surface area contributed by atoms with Gasteiger partial charge in [0.1, 0.15) is 0 Å². The standard InChI is InChI=1S/C23H32N4O3S/c1-2-6-20(9-12-24)19-25-13-10-21(11-14-25)23(28)26-15-17-27(18-16-26)31(29,30)22-7-4-3-5-8-22/h2-9,12,21H,1,10-11,13-19,24H2/b12-9-,20-6+. The second kappa shape index (κ2) is 10.7. The Morgan fingerprint density at radius 2 is 1.71 bits per heavy atom. The van der Waals surface area contributed by atoms with E-state index in [1.165, 1.54) is 10.5 Å². The van der Waals surface area contributed by atoms with Crippen molar-refractivity contribution in [3.05, 3.63) is 66.9 Å². The second-order valence-electron chi connectivity index (χ2n) is 7.93. The van der Waals surface area contributed by atoms with Crippen LogP contribution in [0.25, 0.3) is 0 Å². The summed E-state index contributed by atoms with van der Waals surface area (Å²) < 4.78 is 27.0. The molecule has 31 heavy (non-hydrogen) atoms. The Hall–Kier alpha value is -2.42. The fourth-order valence-corrected chi connectivity index (χ4v) is 5.62. The van der Waals surface area contributed by atoms with E-state index < -0.39 is 10.0 Å². The third-order valence-electron chi connectivity index (χ3n) is 5.92. The lowest BCUT2D eigenvalue weighted by Gasteiger charge is -2.38. The molecule has 0 aromatic heterocycles. The number of sulfonamides is 1. The van der Waals surface area contributed by atoms with Crippen molar-refractivity contribution in [1.82, 2.24) is 14.1 Å². The van der Waals surface area contributed by atoms with Crippen LogP contribution in [0.3, 0.4) is 0 Å². The normalized spacial score (nSPS) is 20.3. The van der Waals surface area contributed by atoms with Crippen LogP contribution in [0.1, 0.15) is 12.8 Å². The molecule has 8 heteroatoms. The number of nitrogens with two attached hydrogens (primary N) is 1. The maximum Gasteiger partial charge on any atom is 0.243 e. The molecule has 2 aliphatic rings. The van der Waals surface area contributed by atoms with Gasteiger partial charge in [-0.1, -0.05) is 36.9 Å². The molecule has 1 aromatic rings. The summed E-state index contributed by atoms with van der Waals surface area (Å²) in [4.78, 5) is 17.5. The van der Waals surface area contributed by atoms with Crippen LogP contribution in [0.2, 0.25) is 0 Å². The second-order valence-corrected chi connectivity index (χ2v) is 9.87. The number of carbonyl (C=O) groups excluding carboxylic acids is 1. The zero-order chi connectivity index (χ0) is 22.3. The number of benzene rings is 1. The Bertz CT molecular complexity index is 911. The van der Waals surface area contributed by atoms with Gasteiger partial charge in [-0.15, -0.1) is 0 Å². The van der Waals surface area contributed by atoms with Gasteiger partial charge in [0.15, 0.2) is 0 Å². The van der Waals surface area contributed by atoms with E-state index in [1.54, 1.807) is 36.4 Å². The van der Waals surface area contributed by atoms with E-state index in [9.17, 15) is 13.2 Å². The van der Waals surface area contributed by atoms with E-state index in [4.69, 9.17) is 5.73 Å². The van der Waals surface area contributed by atoms with Crippen LogP contribution in [0.5, 0.6) is 0 Å². The van der Waals surface area contributed by atoms with E-state index in [-0.39, 0.29) is 11.8 Å². The van der Waals surface area contributed by atoms with Gasteiger partial charge in [-0.25, -0.2) is 8.42 Å². The summed E-state index contributed by atoms with van der Waals surface area (Å²) in [5, 5.41) is 0. The first kappa shape index (κ1) is 23.2. The van der Waals surface area contributed by atoms with Crippen LogP contribution >= 0.6 is 0 Å². The highest BCUT2D eigenvalue weighted by Gasteiger charge is 2.33. The van der Waals surface area contributed by atoms with Crippen molar-refractivity contribution in [2.24, 2.45) is 11.7 Å². The van der Waals surface area contributed by atoms with Crippen LogP contribution in [0, 0.1) is 5.92 Å². The number of hydrogen-bond acceptors (Lipinski definition) is 5. The molecule has 2 N–H and O–H groups in total. The number of likely N-dealkylation sites (tertiary alicyclic amines) is 1. The quantitative estimate of drug-likeness (QED) is 0.648. The lowest BCUT2D eigenvalue weighted by Crippen LogP contribution is -2.52. The first-order valence-electron chi connectivity index (χ1n) is 10.7. The van der Waals surface area contributed by atoms with Crippen molar-refractivity contribution in [2.45, 2.75) is 17.7 Å². The number of piperazine rings is 1. The number of rotatable bonds is 7. The van der Waals surface area contributed by atoms with Crippen molar-refractivity contribution >= 4 is 15.9 Å². The van der Waals surface area contributed by atoms with Gasteiger partial charge in [-0.05, 0) is 55.9 Å². The summed E-state index contributed by atoms with van der Waals surface area (Å²) >= 11 is 0. The van der Waals surface area contributed by atoms with Crippen molar-refractivity contribution in [2.75, 3.05) is 45.8 Å². The molecule has 7 nitrogen and oxygen atoms in total. The Labute approximate surface area is 185 Å². The van der Waals surface area contributed by atoms with E-state index in [1.807, 2.05) is 17.1 Å². The van der Waals surface area contributed by atoms with Gasteiger partial charge in [0.05, 0.1) is 4.90 Å². The number of carbonyl (C=O) groups is 1. The fraction of sp³-hybridized carbons (Fsp3) is 0.435. The lowest BCUT2D eigenvalue weighted by atomic mass is 9.94. The van der Waals surface area contributed by atoms with Gasteiger partial charge >= 0.3 is 0 Å². The summed E-state index contributed by atoms with van der Waals surface area (Å²) in [6.07, 6.45) is 8.74. The Kier molecular flexibility index (Phi) is 8.06. The highest BCUT2D eigenvalue weighted by Crippen LogP contribution is 2.23. The Balaban J connectivity index is 1.49. The summed E-state index contributed by atoms with van der Waals surface area (Å²) in [5.74, 6) is 0.158. The van der Waals surface area contributed by atoms with Gasteiger partial charge in [0.2, 0.25) is 15.9 Å². The number of amides is 1. The van der Waals surface area contributed by atoms with E-state index in [0.29, 0.717) is 31.1 Å². The highest BCUT2D eigenvalue weighted by molar-refractivity contribution is 7.89. The minimum Gasteiger partial charge on any atom is -0.405 e. The highest BCUT2D eigenvalue weighted by atomic mass is 32.2. The summed E-state index contributed by atoms with van der Waals surface area (Å²) in [6, 6.07) is 8.47. The van der Waals surface area contributed by atoms with E-state index >= 15 is 0 Å². The van der Waals surface area contributed by atoms with Gasteiger partial charge in [0.25, 0.3) is 0 Å². The predicted molar refractivity (Wildman–Crippen MR) is 123 cm³/mol.